The van der Waals surface area contributed by atoms with Crippen molar-refractivity contribution in [1.82, 2.24) is 4.90 Å². The molecule has 10 heteroatoms. The maximum atomic E-state index is 12.9. The third-order valence-electron chi connectivity index (χ3n) is 4.59. The van der Waals surface area contributed by atoms with Crippen LogP contribution >= 0.6 is 61.6 Å². The monoisotopic (exact) mass is 655 g/mol. The van der Waals surface area contributed by atoms with Gasteiger partial charge in [0, 0.05) is 3.57 Å². The molecule has 1 aliphatic heterocycles. The van der Waals surface area contributed by atoms with Gasteiger partial charge in [0.05, 0.1) is 23.0 Å². The van der Waals surface area contributed by atoms with Crippen molar-refractivity contribution in [3.63, 3.8) is 0 Å². The summed E-state index contributed by atoms with van der Waals surface area (Å²) in [6.45, 7) is 0.212. The van der Waals surface area contributed by atoms with Crippen LogP contribution in [0.25, 0.3) is 6.08 Å². The highest BCUT2D eigenvalue weighted by molar-refractivity contribution is 14.1. The molecule has 0 unspecified atom stereocenters. The lowest BCUT2D eigenvalue weighted by Crippen LogP contribution is -2.27. The first kappa shape index (κ1) is 24.0. The third-order valence-corrected chi connectivity index (χ3v) is 7.66. The lowest BCUT2D eigenvalue weighted by molar-refractivity contribution is -0.123. The second kappa shape index (κ2) is 10.4. The van der Waals surface area contributed by atoms with E-state index in [1.54, 1.807) is 35.7 Å². The van der Waals surface area contributed by atoms with Crippen LogP contribution in [0.5, 0.6) is 11.5 Å². The summed E-state index contributed by atoms with van der Waals surface area (Å²) in [5.41, 5.74) is 1.50. The Balaban J connectivity index is 1.56. The molecule has 1 fully saturated rings. The van der Waals surface area contributed by atoms with Crippen molar-refractivity contribution >= 4 is 84.8 Å². The highest BCUT2D eigenvalue weighted by Crippen LogP contribution is 2.40. The van der Waals surface area contributed by atoms with Crippen LogP contribution in [0.2, 0.25) is 0 Å². The van der Waals surface area contributed by atoms with Gasteiger partial charge in [0.1, 0.15) is 4.88 Å². The van der Waals surface area contributed by atoms with Gasteiger partial charge < -0.3 is 9.47 Å². The zero-order valence-electron chi connectivity index (χ0n) is 17.0. The molecule has 6 nitrogen and oxygen atoms in total. The molecule has 1 saturated heterocycles. The topological polar surface area (TPSA) is 72.9 Å². The Kier molecular flexibility index (Phi) is 7.57. The fourth-order valence-electron chi connectivity index (χ4n) is 3.02. The van der Waals surface area contributed by atoms with E-state index in [1.807, 2.05) is 24.3 Å². The number of rotatable bonds is 6. The number of hydrogen-bond acceptors (Lipinski definition) is 7. The molecular weight excluding hydrogens is 641 g/mol. The van der Waals surface area contributed by atoms with Crippen molar-refractivity contribution in [1.29, 1.82) is 0 Å². The molecule has 2 amide bonds. The number of nitrogens with zero attached hydrogens (tertiary/aromatic N) is 1. The van der Waals surface area contributed by atoms with Crippen LogP contribution < -0.4 is 9.47 Å². The van der Waals surface area contributed by atoms with Gasteiger partial charge in [-0.1, -0.05) is 18.2 Å². The van der Waals surface area contributed by atoms with E-state index in [9.17, 15) is 14.4 Å². The van der Waals surface area contributed by atoms with E-state index < -0.39 is 5.97 Å². The number of esters is 1. The van der Waals surface area contributed by atoms with E-state index >= 15 is 0 Å². The van der Waals surface area contributed by atoms with Crippen LogP contribution in [0.15, 0.2) is 63.3 Å². The molecule has 0 saturated carbocycles. The summed E-state index contributed by atoms with van der Waals surface area (Å²) in [7, 11) is 1.46. The Hall–Kier alpha value is -2.15. The molecular formula is C23H15BrINO5S2. The fourth-order valence-corrected chi connectivity index (χ4v) is 5.36. The van der Waals surface area contributed by atoms with Crippen LogP contribution in [0.1, 0.15) is 20.8 Å². The summed E-state index contributed by atoms with van der Waals surface area (Å²) >= 11 is 7.79. The zero-order chi connectivity index (χ0) is 23.5. The number of thiophene rings is 1. The molecule has 168 valence electrons. The van der Waals surface area contributed by atoms with Crippen LogP contribution in [0, 0.1) is 3.57 Å². The number of amides is 2. The molecule has 1 aliphatic rings. The molecule has 0 aliphatic carbocycles. The van der Waals surface area contributed by atoms with E-state index in [4.69, 9.17) is 9.47 Å². The standard InChI is InChI=1S/C23H15BrINO5S2/c1-30-17-10-14(9-16(24)20(17)31-22(28)18-3-2-8-32-18)11-19-21(27)26(23(29)33-19)12-13-4-6-15(25)7-5-13/h2-11H,12H2,1H3/b19-11-. The molecule has 33 heavy (non-hydrogen) atoms. The van der Waals surface area contributed by atoms with Gasteiger partial charge in [0.2, 0.25) is 0 Å². The number of methoxy groups -OCH3 is 1. The fraction of sp³-hybridized carbons (Fsp3) is 0.0870. The number of carbonyl (C=O) groups excluding carboxylic acids is 3. The summed E-state index contributed by atoms with van der Waals surface area (Å²) < 4.78 is 12.5. The first-order chi connectivity index (χ1) is 15.9. The third kappa shape index (κ3) is 5.51. The number of ether oxygens (including phenoxy) is 2. The summed E-state index contributed by atoms with van der Waals surface area (Å²) in [5.74, 6) is -0.293. The van der Waals surface area contributed by atoms with Crippen LogP contribution in [0.4, 0.5) is 4.79 Å². The number of benzene rings is 2. The van der Waals surface area contributed by atoms with Crippen molar-refractivity contribution in [2.45, 2.75) is 6.54 Å². The van der Waals surface area contributed by atoms with Crippen molar-refractivity contribution in [3.8, 4) is 11.5 Å². The van der Waals surface area contributed by atoms with E-state index in [0.717, 1.165) is 20.9 Å². The minimum Gasteiger partial charge on any atom is -0.493 e. The molecule has 3 aromatic rings. The van der Waals surface area contributed by atoms with Gasteiger partial charge in [-0.05, 0) is 103 Å². The quantitative estimate of drug-likeness (QED) is 0.129. The second-order valence-electron chi connectivity index (χ2n) is 6.80. The molecule has 0 radical (unpaired) electrons. The van der Waals surface area contributed by atoms with Gasteiger partial charge in [-0.25, -0.2) is 4.79 Å². The zero-order valence-corrected chi connectivity index (χ0v) is 22.4. The highest BCUT2D eigenvalue weighted by atomic mass is 127. The second-order valence-corrected chi connectivity index (χ2v) is 10.8. The molecule has 1 aromatic heterocycles. The number of carbonyl (C=O) groups is 3. The molecule has 0 N–H and O–H groups in total. The van der Waals surface area contributed by atoms with Gasteiger partial charge in [-0.15, -0.1) is 11.3 Å². The van der Waals surface area contributed by atoms with Gasteiger partial charge in [0.15, 0.2) is 11.5 Å². The first-order valence-electron chi connectivity index (χ1n) is 9.48. The van der Waals surface area contributed by atoms with Gasteiger partial charge in [-0.3, -0.25) is 14.5 Å². The summed E-state index contributed by atoms with van der Waals surface area (Å²) in [5, 5.41) is 1.47. The van der Waals surface area contributed by atoms with E-state index in [-0.39, 0.29) is 23.4 Å². The average Bonchev–Trinajstić information content (AvgIpc) is 3.42. The highest BCUT2D eigenvalue weighted by Gasteiger charge is 2.35. The number of hydrogen-bond donors (Lipinski definition) is 0. The Labute approximate surface area is 220 Å². The molecule has 4 rings (SSSR count). The number of halogens is 2. The summed E-state index contributed by atoms with van der Waals surface area (Å²) in [6, 6.07) is 14.4. The Bertz CT molecular complexity index is 1260. The largest absolute Gasteiger partial charge is 0.493 e. The van der Waals surface area contributed by atoms with Crippen molar-refractivity contribution in [3.05, 3.63) is 82.9 Å². The minimum atomic E-state index is -0.492. The van der Waals surface area contributed by atoms with Crippen LogP contribution in [0.3, 0.4) is 0 Å². The van der Waals surface area contributed by atoms with Crippen LogP contribution in [-0.4, -0.2) is 29.1 Å². The lowest BCUT2D eigenvalue weighted by atomic mass is 10.1. The number of imide groups is 1. The van der Waals surface area contributed by atoms with Gasteiger partial charge in [-0.2, -0.15) is 0 Å². The number of thioether (sulfide) groups is 1. The minimum absolute atomic E-state index is 0.212. The van der Waals surface area contributed by atoms with Crippen LogP contribution in [-0.2, 0) is 11.3 Å². The van der Waals surface area contributed by atoms with Gasteiger partial charge in [0.25, 0.3) is 11.1 Å². The SMILES string of the molecule is COc1cc(/C=C2\SC(=O)N(Cc3ccc(I)cc3)C2=O)cc(Br)c1OC(=O)c1cccs1. The average molecular weight is 656 g/mol. The summed E-state index contributed by atoms with van der Waals surface area (Å²) in [6.07, 6.45) is 1.62. The summed E-state index contributed by atoms with van der Waals surface area (Å²) in [4.78, 5) is 39.7. The van der Waals surface area contributed by atoms with E-state index in [2.05, 4.69) is 38.5 Å². The molecule has 0 atom stereocenters. The molecule has 0 spiro atoms. The first-order valence-corrected chi connectivity index (χ1v) is 13.1. The van der Waals surface area contributed by atoms with Crippen molar-refractivity contribution in [2.24, 2.45) is 0 Å². The predicted octanol–water partition coefficient (Wildman–Crippen LogP) is 6.58. The Morgan fingerprint density at radius 3 is 2.61 bits per heavy atom. The lowest BCUT2D eigenvalue weighted by Gasteiger charge is -2.13. The molecule has 0 bridgehead atoms. The van der Waals surface area contributed by atoms with Gasteiger partial charge >= 0.3 is 5.97 Å². The molecule has 2 heterocycles. The van der Waals surface area contributed by atoms with E-state index in [0.29, 0.717) is 25.6 Å². The normalized spacial score (nSPS) is 14.8. The smallest absolute Gasteiger partial charge is 0.353 e. The van der Waals surface area contributed by atoms with Crippen molar-refractivity contribution in [2.75, 3.05) is 7.11 Å². The van der Waals surface area contributed by atoms with E-state index in [1.165, 1.54) is 23.3 Å². The Morgan fingerprint density at radius 1 is 1.18 bits per heavy atom. The Morgan fingerprint density at radius 2 is 1.94 bits per heavy atom. The maximum absolute atomic E-state index is 12.9. The van der Waals surface area contributed by atoms with Crippen molar-refractivity contribution < 1.29 is 23.9 Å². The maximum Gasteiger partial charge on any atom is 0.353 e. The molecule has 2 aromatic carbocycles. The predicted molar refractivity (Wildman–Crippen MR) is 141 cm³/mol.